The second-order valence-corrected chi connectivity index (χ2v) is 3.28. The Bertz CT molecular complexity index is 417. The number of anilines is 1. The van der Waals surface area contributed by atoms with E-state index in [0.717, 1.165) is 5.56 Å². The third-order valence-corrected chi connectivity index (χ3v) is 2.36. The third kappa shape index (κ3) is 1.68. The lowest BCUT2D eigenvalue weighted by Gasteiger charge is -2.21. The van der Waals surface area contributed by atoms with Gasteiger partial charge < -0.3 is 10.1 Å². The second kappa shape index (κ2) is 3.68. The molecule has 1 aliphatic heterocycles. The predicted molar refractivity (Wildman–Crippen MR) is 52.1 cm³/mol. The van der Waals surface area contributed by atoms with Crippen LogP contribution in [0.5, 0.6) is 0 Å². The lowest BCUT2D eigenvalue weighted by atomic mass is 9.95. The van der Waals surface area contributed by atoms with E-state index < -0.39 is 11.9 Å². The monoisotopic (exact) mass is 206 g/mol. The van der Waals surface area contributed by atoms with E-state index >= 15 is 0 Å². The molecule has 0 aromatic carbocycles. The molecule has 0 saturated carbocycles. The van der Waals surface area contributed by atoms with Crippen molar-refractivity contribution in [2.45, 2.75) is 6.42 Å². The van der Waals surface area contributed by atoms with E-state index in [9.17, 15) is 9.59 Å². The number of nitrogens with one attached hydrogen (secondary N) is 1. The molecule has 0 radical (unpaired) electrons. The van der Waals surface area contributed by atoms with Crippen LogP contribution in [0.3, 0.4) is 0 Å². The number of methoxy groups -OCH3 is 1. The van der Waals surface area contributed by atoms with Gasteiger partial charge in [-0.2, -0.15) is 0 Å². The van der Waals surface area contributed by atoms with Gasteiger partial charge in [-0.15, -0.1) is 0 Å². The van der Waals surface area contributed by atoms with Crippen LogP contribution in [-0.4, -0.2) is 24.0 Å². The molecule has 1 unspecified atom stereocenters. The van der Waals surface area contributed by atoms with Gasteiger partial charge in [0.05, 0.1) is 7.11 Å². The number of esters is 1. The van der Waals surface area contributed by atoms with Crippen molar-refractivity contribution in [1.82, 2.24) is 4.98 Å². The van der Waals surface area contributed by atoms with Crippen molar-refractivity contribution in [1.29, 1.82) is 0 Å². The summed E-state index contributed by atoms with van der Waals surface area (Å²) in [5.41, 5.74) is 0.854. The van der Waals surface area contributed by atoms with Gasteiger partial charge in [-0.05, 0) is 18.1 Å². The van der Waals surface area contributed by atoms with E-state index in [0.29, 0.717) is 12.2 Å². The molecule has 5 heteroatoms. The van der Waals surface area contributed by atoms with Gasteiger partial charge in [0.2, 0.25) is 5.91 Å². The molecule has 0 fully saturated rings. The van der Waals surface area contributed by atoms with Gasteiger partial charge in [0.15, 0.2) is 0 Å². The molecule has 2 heterocycles. The molecular weight excluding hydrogens is 196 g/mol. The molecule has 1 amide bonds. The maximum atomic E-state index is 11.5. The number of aromatic nitrogens is 1. The van der Waals surface area contributed by atoms with E-state index in [1.807, 2.05) is 6.07 Å². The topological polar surface area (TPSA) is 68.3 Å². The molecule has 5 nitrogen and oxygen atoms in total. The lowest BCUT2D eigenvalue weighted by Crippen LogP contribution is -2.36. The molecule has 1 N–H and O–H groups in total. The van der Waals surface area contributed by atoms with Crippen molar-refractivity contribution in [3.8, 4) is 0 Å². The average Bonchev–Trinajstić information content (AvgIpc) is 2.27. The summed E-state index contributed by atoms with van der Waals surface area (Å²) < 4.78 is 4.55. The van der Waals surface area contributed by atoms with Crippen LogP contribution in [-0.2, 0) is 20.7 Å². The first kappa shape index (κ1) is 9.64. The van der Waals surface area contributed by atoms with Gasteiger partial charge in [0, 0.05) is 6.20 Å². The van der Waals surface area contributed by atoms with E-state index in [1.165, 1.54) is 7.11 Å². The molecule has 78 valence electrons. The van der Waals surface area contributed by atoms with Crippen LogP contribution in [0.15, 0.2) is 18.3 Å². The number of fused-ring (bicyclic) bond motifs is 1. The minimum absolute atomic E-state index is 0.349. The summed E-state index contributed by atoms with van der Waals surface area (Å²) in [6.07, 6.45) is 1.94. The Morgan fingerprint density at radius 2 is 2.47 bits per heavy atom. The first-order chi connectivity index (χ1) is 7.22. The predicted octanol–water partition coefficient (Wildman–Crippen LogP) is 0.365. The Morgan fingerprint density at radius 1 is 1.67 bits per heavy atom. The number of hydrogen-bond acceptors (Lipinski definition) is 4. The maximum absolute atomic E-state index is 11.5. The number of carbonyl (C=O) groups is 2. The largest absolute Gasteiger partial charge is 0.468 e. The fourth-order valence-corrected chi connectivity index (χ4v) is 1.56. The molecule has 1 aromatic heterocycles. The Balaban J connectivity index is 2.29. The van der Waals surface area contributed by atoms with Gasteiger partial charge in [0.25, 0.3) is 0 Å². The highest BCUT2D eigenvalue weighted by molar-refractivity contribution is 6.06. The minimum Gasteiger partial charge on any atom is -0.468 e. The molecule has 0 spiro atoms. The zero-order valence-electron chi connectivity index (χ0n) is 8.19. The summed E-state index contributed by atoms with van der Waals surface area (Å²) in [6, 6.07) is 3.60. The molecule has 2 rings (SSSR count). The number of ether oxygens (including phenoxy) is 1. The average molecular weight is 206 g/mol. The number of nitrogens with zero attached hydrogens (tertiary/aromatic N) is 1. The zero-order valence-corrected chi connectivity index (χ0v) is 8.19. The summed E-state index contributed by atoms with van der Waals surface area (Å²) in [6.45, 7) is 0. The first-order valence-electron chi connectivity index (χ1n) is 4.55. The lowest BCUT2D eigenvalue weighted by molar-refractivity contribution is -0.148. The smallest absolute Gasteiger partial charge is 0.318 e. The zero-order chi connectivity index (χ0) is 10.8. The van der Waals surface area contributed by atoms with Gasteiger partial charge in [0.1, 0.15) is 11.7 Å². The van der Waals surface area contributed by atoms with Crippen LogP contribution < -0.4 is 5.32 Å². The minimum atomic E-state index is -0.758. The molecular formula is C10H10N2O3. The summed E-state index contributed by atoms with van der Waals surface area (Å²) in [5.74, 6) is -1.09. The second-order valence-electron chi connectivity index (χ2n) is 3.28. The SMILES string of the molecule is COC(=O)C1Cc2cccnc2NC1=O. The molecule has 1 atom stereocenters. The maximum Gasteiger partial charge on any atom is 0.318 e. The van der Waals surface area contributed by atoms with Crippen molar-refractivity contribution < 1.29 is 14.3 Å². The van der Waals surface area contributed by atoms with Gasteiger partial charge in [-0.25, -0.2) is 4.98 Å². The Kier molecular flexibility index (Phi) is 2.37. The summed E-state index contributed by atoms with van der Waals surface area (Å²) in [7, 11) is 1.27. The quantitative estimate of drug-likeness (QED) is 0.532. The highest BCUT2D eigenvalue weighted by Crippen LogP contribution is 2.23. The summed E-state index contributed by atoms with van der Waals surface area (Å²) in [5, 5.41) is 2.57. The molecule has 15 heavy (non-hydrogen) atoms. The van der Waals surface area contributed by atoms with Crippen molar-refractivity contribution in [2.75, 3.05) is 12.4 Å². The Labute approximate surface area is 86.5 Å². The molecule has 1 aromatic rings. The normalized spacial score (nSPS) is 19.0. The molecule has 1 aliphatic rings. The van der Waals surface area contributed by atoms with Crippen LogP contribution in [0.4, 0.5) is 5.82 Å². The van der Waals surface area contributed by atoms with Crippen molar-refractivity contribution in [2.24, 2.45) is 5.92 Å². The number of hydrogen-bond donors (Lipinski definition) is 1. The van der Waals surface area contributed by atoms with Crippen LogP contribution in [0.1, 0.15) is 5.56 Å². The van der Waals surface area contributed by atoms with E-state index in [2.05, 4.69) is 15.0 Å². The van der Waals surface area contributed by atoms with E-state index in [-0.39, 0.29) is 5.91 Å². The van der Waals surface area contributed by atoms with Crippen molar-refractivity contribution in [3.05, 3.63) is 23.9 Å². The Morgan fingerprint density at radius 3 is 3.20 bits per heavy atom. The molecule has 0 aliphatic carbocycles. The third-order valence-electron chi connectivity index (χ3n) is 2.36. The van der Waals surface area contributed by atoms with Gasteiger partial charge in [-0.1, -0.05) is 6.07 Å². The molecule has 0 saturated heterocycles. The van der Waals surface area contributed by atoms with Crippen molar-refractivity contribution >= 4 is 17.7 Å². The van der Waals surface area contributed by atoms with Crippen LogP contribution >= 0.6 is 0 Å². The van der Waals surface area contributed by atoms with Crippen LogP contribution in [0.2, 0.25) is 0 Å². The fourth-order valence-electron chi connectivity index (χ4n) is 1.56. The first-order valence-corrected chi connectivity index (χ1v) is 4.55. The van der Waals surface area contributed by atoms with Crippen LogP contribution in [0.25, 0.3) is 0 Å². The summed E-state index contributed by atoms with van der Waals surface area (Å²) >= 11 is 0. The molecule has 0 bridgehead atoms. The fraction of sp³-hybridized carbons (Fsp3) is 0.300. The van der Waals surface area contributed by atoms with E-state index in [1.54, 1.807) is 12.3 Å². The van der Waals surface area contributed by atoms with Crippen molar-refractivity contribution in [3.63, 3.8) is 0 Å². The summed E-state index contributed by atoms with van der Waals surface area (Å²) in [4.78, 5) is 26.8. The van der Waals surface area contributed by atoms with Crippen LogP contribution in [0, 0.1) is 5.92 Å². The highest BCUT2D eigenvalue weighted by atomic mass is 16.5. The standard InChI is InChI=1S/C10H10N2O3/c1-15-10(14)7-5-6-3-2-4-11-8(6)12-9(7)13/h2-4,7H,5H2,1H3,(H,11,12,13). The number of pyridine rings is 1. The van der Waals surface area contributed by atoms with Gasteiger partial charge in [-0.3, -0.25) is 9.59 Å². The van der Waals surface area contributed by atoms with Gasteiger partial charge >= 0.3 is 5.97 Å². The number of carbonyl (C=O) groups excluding carboxylic acids is 2. The highest BCUT2D eigenvalue weighted by Gasteiger charge is 2.33. The number of rotatable bonds is 1. The number of amides is 1. The van der Waals surface area contributed by atoms with E-state index in [4.69, 9.17) is 0 Å². The Hall–Kier alpha value is -1.91.